The van der Waals surface area contributed by atoms with Gasteiger partial charge in [0.05, 0.1) is 6.54 Å². The van der Waals surface area contributed by atoms with E-state index in [1.807, 2.05) is 24.4 Å². The first-order chi connectivity index (χ1) is 12.0. The molecule has 1 aromatic carbocycles. The lowest BCUT2D eigenvalue weighted by atomic mass is 10.1. The van der Waals surface area contributed by atoms with E-state index in [0.717, 1.165) is 29.3 Å². The molecule has 7 heteroatoms. The minimum absolute atomic E-state index is 0.0175. The summed E-state index contributed by atoms with van der Waals surface area (Å²) < 4.78 is 0. The van der Waals surface area contributed by atoms with Gasteiger partial charge in [-0.25, -0.2) is 0 Å². The molecule has 4 N–H and O–H groups in total. The van der Waals surface area contributed by atoms with Crippen molar-refractivity contribution >= 4 is 35.1 Å². The van der Waals surface area contributed by atoms with Gasteiger partial charge in [0.1, 0.15) is 0 Å². The van der Waals surface area contributed by atoms with Crippen molar-refractivity contribution in [3.8, 4) is 0 Å². The van der Waals surface area contributed by atoms with Crippen molar-refractivity contribution in [2.75, 3.05) is 19.6 Å². The Bertz CT molecular complexity index is 716. The normalized spacial score (nSPS) is 12.3. The van der Waals surface area contributed by atoms with E-state index in [9.17, 15) is 9.90 Å². The maximum Gasteiger partial charge on any atom is 0.223 e. The number of aliphatic imine (C=N–C) groups is 1. The fraction of sp³-hybridized carbons (Fsp3) is 0.444. The number of H-pyrrole nitrogens is 1. The molecule has 0 aliphatic carbocycles. The lowest BCUT2D eigenvalue weighted by Crippen LogP contribution is -2.38. The number of nitrogens with one attached hydrogen (secondary N) is 1. The van der Waals surface area contributed by atoms with E-state index in [2.05, 4.69) is 16.7 Å². The maximum absolute atomic E-state index is 12.6. The molecule has 1 aromatic heterocycles. The number of rotatable bonds is 10. The number of nitrogens with two attached hydrogens (primary N) is 1. The molecule has 2 aromatic rings. The second kappa shape index (κ2) is 9.56. The minimum Gasteiger partial charge on any atom is -0.370 e. The fourth-order valence-electron chi connectivity index (χ4n) is 2.78. The number of carbonyl (C=O) groups is 1. The molecular weight excluding hydrogens is 340 g/mol. The van der Waals surface area contributed by atoms with E-state index >= 15 is 0 Å². The third-order valence-electron chi connectivity index (χ3n) is 4.17. The van der Waals surface area contributed by atoms with E-state index in [0.29, 0.717) is 31.0 Å². The number of fused-ring (bicyclic) bond motifs is 1. The lowest BCUT2D eigenvalue weighted by Gasteiger charge is -2.24. The topological polar surface area (TPSA) is 94.7 Å². The third-order valence-corrected chi connectivity index (χ3v) is 4.40. The summed E-state index contributed by atoms with van der Waals surface area (Å²) in [6.45, 7) is 4.62. The number of aryl methyl sites for hydroxylation is 1. The summed E-state index contributed by atoms with van der Waals surface area (Å²) in [6, 6.07) is 5.66. The van der Waals surface area contributed by atoms with Gasteiger partial charge in [0.15, 0.2) is 6.23 Å². The Kier molecular flexibility index (Phi) is 7.43. The Hall–Kier alpha value is -1.89. The first-order valence-corrected chi connectivity index (χ1v) is 8.80. The minimum atomic E-state index is -0.964. The molecule has 1 unspecified atom stereocenters. The number of aliphatic hydroxyl groups excluding tert-OH is 1. The summed E-state index contributed by atoms with van der Waals surface area (Å²) in [4.78, 5) is 21.0. The maximum atomic E-state index is 12.6. The molecule has 0 saturated heterocycles. The molecule has 1 heterocycles. The number of amides is 1. The number of hydrogen-bond acceptors (Lipinski definition) is 4. The van der Waals surface area contributed by atoms with Crippen molar-refractivity contribution in [2.45, 2.75) is 31.9 Å². The summed E-state index contributed by atoms with van der Waals surface area (Å²) in [6.07, 6.45) is 3.54. The zero-order valence-electron chi connectivity index (χ0n) is 14.2. The summed E-state index contributed by atoms with van der Waals surface area (Å²) in [5, 5.41) is 11.4. The standard InChI is InChI=1S/C18H25ClN4O2/c1-21-17(24)12-23(9-3-2-8-20)18(25)7-4-13-11-22-16-6-5-14(19)10-15(13)16/h5-6,10-11,17,22,24H,1-4,7-9,12,20H2. The first-order valence-electron chi connectivity index (χ1n) is 8.42. The molecule has 2 rings (SSSR count). The summed E-state index contributed by atoms with van der Waals surface area (Å²) >= 11 is 6.06. The van der Waals surface area contributed by atoms with Crippen molar-refractivity contribution in [1.29, 1.82) is 0 Å². The number of aromatic amines is 1. The largest absolute Gasteiger partial charge is 0.370 e. The van der Waals surface area contributed by atoms with Crippen LogP contribution >= 0.6 is 11.6 Å². The predicted octanol–water partition coefficient (Wildman–Crippen LogP) is 2.34. The van der Waals surface area contributed by atoms with Crippen LogP contribution in [0.15, 0.2) is 29.4 Å². The Morgan fingerprint density at radius 1 is 1.44 bits per heavy atom. The highest BCUT2D eigenvalue weighted by Crippen LogP contribution is 2.23. The average Bonchev–Trinajstić information content (AvgIpc) is 3.00. The van der Waals surface area contributed by atoms with Gasteiger partial charge in [-0.1, -0.05) is 11.6 Å². The number of halogens is 1. The Labute approximate surface area is 152 Å². The number of aromatic nitrogens is 1. The fourth-order valence-corrected chi connectivity index (χ4v) is 2.95. The van der Waals surface area contributed by atoms with Crippen LogP contribution in [0.25, 0.3) is 10.9 Å². The average molecular weight is 365 g/mol. The van der Waals surface area contributed by atoms with E-state index in [-0.39, 0.29) is 12.5 Å². The van der Waals surface area contributed by atoms with Gasteiger partial charge >= 0.3 is 0 Å². The summed E-state index contributed by atoms with van der Waals surface area (Å²) in [5.41, 5.74) is 7.56. The molecule has 1 atom stereocenters. The number of hydrogen-bond donors (Lipinski definition) is 3. The number of aliphatic hydroxyl groups is 1. The number of benzene rings is 1. The number of unbranched alkanes of at least 4 members (excludes halogenated alkanes) is 1. The van der Waals surface area contributed by atoms with Gasteiger partial charge in [0.25, 0.3) is 0 Å². The Morgan fingerprint density at radius 3 is 2.96 bits per heavy atom. The van der Waals surface area contributed by atoms with Gasteiger partial charge in [0.2, 0.25) is 5.91 Å². The van der Waals surface area contributed by atoms with E-state index in [1.165, 1.54) is 0 Å². The zero-order chi connectivity index (χ0) is 18.2. The van der Waals surface area contributed by atoms with Crippen LogP contribution < -0.4 is 5.73 Å². The van der Waals surface area contributed by atoms with E-state index in [4.69, 9.17) is 17.3 Å². The van der Waals surface area contributed by atoms with Crippen LogP contribution in [-0.2, 0) is 11.2 Å². The van der Waals surface area contributed by atoms with Gasteiger partial charge in [-0.3, -0.25) is 9.79 Å². The summed E-state index contributed by atoms with van der Waals surface area (Å²) in [7, 11) is 0. The van der Waals surface area contributed by atoms with Crippen molar-refractivity contribution in [3.05, 3.63) is 35.0 Å². The van der Waals surface area contributed by atoms with E-state index < -0.39 is 6.23 Å². The smallest absolute Gasteiger partial charge is 0.223 e. The molecule has 25 heavy (non-hydrogen) atoms. The molecule has 0 spiro atoms. The highest BCUT2D eigenvalue weighted by atomic mass is 35.5. The van der Waals surface area contributed by atoms with Crippen LogP contribution in [0, 0.1) is 0 Å². The monoisotopic (exact) mass is 364 g/mol. The van der Waals surface area contributed by atoms with Gasteiger partial charge in [0, 0.05) is 35.1 Å². The number of carbonyl (C=O) groups excluding carboxylic acids is 1. The Balaban J connectivity index is 2.00. The van der Waals surface area contributed by atoms with Gasteiger partial charge in [-0.05, 0) is 56.3 Å². The molecule has 0 radical (unpaired) electrons. The van der Waals surface area contributed by atoms with Crippen molar-refractivity contribution < 1.29 is 9.90 Å². The second-order valence-electron chi connectivity index (χ2n) is 6.00. The highest BCUT2D eigenvalue weighted by Gasteiger charge is 2.17. The number of nitrogens with zero attached hydrogens (tertiary/aromatic N) is 2. The molecule has 0 fully saturated rings. The Morgan fingerprint density at radius 2 is 2.24 bits per heavy atom. The van der Waals surface area contributed by atoms with Gasteiger partial charge in [-0.2, -0.15) is 0 Å². The predicted molar refractivity (Wildman–Crippen MR) is 102 cm³/mol. The van der Waals surface area contributed by atoms with Crippen LogP contribution in [0.3, 0.4) is 0 Å². The SMILES string of the molecule is C=NC(O)CN(CCCCN)C(=O)CCc1c[nH]c2ccc(Cl)cc12. The molecule has 136 valence electrons. The molecular formula is C18H25ClN4O2. The molecule has 1 amide bonds. The quantitative estimate of drug-likeness (QED) is 0.446. The molecule has 0 aliphatic heterocycles. The van der Waals surface area contributed by atoms with Gasteiger partial charge in [-0.15, -0.1) is 0 Å². The van der Waals surface area contributed by atoms with Gasteiger partial charge < -0.3 is 20.7 Å². The van der Waals surface area contributed by atoms with Crippen molar-refractivity contribution in [1.82, 2.24) is 9.88 Å². The third kappa shape index (κ3) is 5.56. The van der Waals surface area contributed by atoms with Crippen LogP contribution in [-0.4, -0.2) is 53.5 Å². The van der Waals surface area contributed by atoms with E-state index in [1.54, 1.807) is 4.90 Å². The zero-order valence-corrected chi connectivity index (χ0v) is 15.0. The van der Waals surface area contributed by atoms with Crippen molar-refractivity contribution in [2.24, 2.45) is 10.7 Å². The van der Waals surface area contributed by atoms with Crippen LogP contribution in [0.2, 0.25) is 5.02 Å². The molecule has 0 saturated carbocycles. The lowest BCUT2D eigenvalue weighted by molar-refractivity contribution is -0.132. The first kappa shape index (κ1) is 19.4. The second-order valence-corrected chi connectivity index (χ2v) is 6.44. The summed E-state index contributed by atoms with van der Waals surface area (Å²) in [5.74, 6) is -0.0175. The van der Waals surface area contributed by atoms with Crippen LogP contribution in [0.1, 0.15) is 24.8 Å². The van der Waals surface area contributed by atoms with Crippen LogP contribution in [0.4, 0.5) is 0 Å². The van der Waals surface area contributed by atoms with Crippen LogP contribution in [0.5, 0.6) is 0 Å². The highest BCUT2D eigenvalue weighted by molar-refractivity contribution is 6.31. The molecule has 0 bridgehead atoms. The van der Waals surface area contributed by atoms with Crippen molar-refractivity contribution in [3.63, 3.8) is 0 Å². The molecule has 6 nitrogen and oxygen atoms in total. The molecule has 0 aliphatic rings.